The summed E-state index contributed by atoms with van der Waals surface area (Å²) in [7, 11) is 0. The first kappa shape index (κ1) is 14.7. The van der Waals surface area contributed by atoms with Crippen LogP contribution in [-0.4, -0.2) is 42.6 Å². The highest BCUT2D eigenvalue weighted by Gasteiger charge is 2.27. The molecule has 106 valence electrons. The van der Waals surface area contributed by atoms with Gasteiger partial charge in [0.1, 0.15) is 5.75 Å². The van der Waals surface area contributed by atoms with Crippen LogP contribution < -0.4 is 5.32 Å². The molecule has 0 aromatic heterocycles. The number of phenols is 1. The Kier molecular flexibility index (Phi) is 5.13. The first-order valence-corrected chi connectivity index (χ1v) is 7.08. The van der Waals surface area contributed by atoms with E-state index in [1.807, 2.05) is 4.90 Å². The summed E-state index contributed by atoms with van der Waals surface area (Å²) in [6.45, 7) is 3.00. The number of piperazine rings is 1. The average molecular weight is 335 g/mol. The minimum atomic E-state index is -2.39. The van der Waals surface area contributed by atoms with E-state index in [4.69, 9.17) is 0 Å². The van der Waals surface area contributed by atoms with Crippen molar-refractivity contribution in [1.82, 2.24) is 10.2 Å². The van der Waals surface area contributed by atoms with Crippen LogP contribution in [0.15, 0.2) is 22.7 Å². The number of hydrogen-bond donors (Lipinski definition) is 2. The van der Waals surface area contributed by atoms with Crippen molar-refractivity contribution in [3.05, 3.63) is 28.2 Å². The van der Waals surface area contributed by atoms with Gasteiger partial charge in [-0.3, -0.25) is 4.90 Å². The summed E-state index contributed by atoms with van der Waals surface area (Å²) in [5.41, 5.74) is 0.566. The number of phenolic OH excluding ortho intramolecular Hbond substituents is 1. The van der Waals surface area contributed by atoms with Crippen molar-refractivity contribution < 1.29 is 13.9 Å². The van der Waals surface area contributed by atoms with Crippen LogP contribution in [-0.2, 0) is 0 Å². The molecule has 0 radical (unpaired) electrons. The van der Waals surface area contributed by atoms with Gasteiger partial charge in [-0.25, -0.2) is 8.78 Å². The Morgan fingerprint density at radius 2 is 2.00 bits per heavy atom. The molecule has 0 spiro atoms. The van der Waals surface area contributed by atoms with Crippen molar-refractivity contribution in [2.75, 3.05) is 26.2 Å². The predicted molar refractivity (Wildman–Crippen MR) is 73.6 cm³/mol. The van der Waals surface area contributed by atoms with Crippen molar-refractivity contribution >= 4 is 15.9 Å². The molecule has 0 aliphatic carbocycles. The summed E-state index contributed by atoms with van der Waals surface area (Å²) in [5.74, 6) is 0.0763. The van der Waals surface area contributed by atoms with E-state index in [1.165, 1.54) is 0 Å². The molecule has 3 nitrogen and oxygen atoms in total. The minimum Gasteiger partial charge on any atom is -0.508 e. The SMILES string of the molecule is Oc1ccc(Br)cc1[C@@H](CC(F)F)N1CCNCC1. The molecule has 0 bridgehead atoms. The fourth-order valence-electron chi connectivity index (χ4n) is 2.43. The van der Waals surface area contributed by atoms with Crippen LogP contribution in [0.2, 0.25) is 0 Å². The minimum absolute atomic E-state index is 0.0763. The van der Waals surface area contributed by atoms with E-state index in [0.29, 0.717) is 18.7 Å². The highest BCUT2D eigenvalue weighted by molar-refractivity contribution is 9.10. The molecule has 1 aliphatic rings. The molecule has 0 unspecified atom stereocenters. The molecule has 0 saturated carbocycles. The third-order valence-electron chi connectivity index (χ3n) is 3.34. The van der Waals surface area contributed by atoms with E-state index >= 15 is 0 Å². The summed E-state index contributed by atoms with van der Waals surface area (Å²) < 4.78 is 26.4. The summed E-state index contributed by atoms with van der Waals surface area (Å²) >= 11 is 3.33. The Labute approximate surface area is 119 Å². The van der Waals surface area contributed by atoms with Gasteiger partial charge >= 0.3 is 0 Å². The van der Waals surface area contributed by atoms with Gasteiger partial charge < -0.3 is 10.4 Å². The summed E-state index contributed by atoms with van der Waals surface area (Å²) in [5, 5.41) is 13.1. The van der Waals surface area contributed by atoms with Gasteiger partial charge in [-0.1, -0.05) is 15.9 Å². The number of aromatic hydroxyl groups is 1. The second kappa shape index (κ2) is 6.63. The van der Waals surface area contributed by atoms with Crippen molar-refractivity contribution in [1.29, 1.82) is 0 Å². The maximum Gasteiger partial charge on any atom is 0.240 e. The third kappa shape index (κ3) is 3.87. The Balaban J connectivity index is 2.27. The predicted octanol–water partition coefficient (Wildman–Crippen LogP) is 2.76. The Morgan fingerprint density at radius 1 is 1.32 bits per heavy atom. The molecule has 1 fully saturated rings. The Morgan fingerprint density at radius 3 is 2.63 bits per heavy atom. The summed E-state index contributed by atoms with van der Waals surface area (Å²) in [4.78, 5) is 2.00. The van der Waals surface area contributed by atoms with E-state index in [0.717, 1.165) is 17.6 Å². The molecular weight excluding hydrogens is 318 g/mol. The van der Waals surface area contributed by atoms with Gasteiger partial charge in [0.25, 0.3) is 0 Å². The molecule has 2 rings (SSSR count). The van der Waals surface area contributed by atoms with Gasteiger partial charge in [-0.05, 0) is 18.2 Å². The zero-order valence-electron chi connectivity index (χ0n) is 10.5. The molecule has 1 aliphatic heterocycles. The number of hydrogen-bond acceptors (Lipinski definition) is 3. The molecule has 1 heterocycles. The molecule has 19 heavy (non-hydrogen) atoms. The first-order chi connectivity index (χ1) is 9.08. The van der Waals surface area contributed by atoms with Gasteiger partial charge in [0, 0.05) is 48.7 Å². The highest BCUT2D eigenvalue weighted by atomic mass is 79.9. The molecule has 1 aromatic rings. The van der Waals surface area contributed by atoms with Gasteiger partial charge in [0.15, 0.2) is 0 Å². The number of nitrogens with zero attached hydrogens (tertiary/aromatic N) is 1. The standard InChI is InChI=1S/C13H17BrF2N2O/c14-9-1-2-12(19)10(7-9)11(8-13(15)16)18-5-3-17-4-6-18/h1-2,7,11,13,17,19H,3-6,8H2/t11-/m1/s1. The van der Waals surface area contributed by atoms with Crippen molar-refractivity contribution in [3.63, 3.8) is 0 Å². The summed E-state index contributed by atoms with van der Waals surface area (Å²) in [6, 6.07) is 4.53. The van der Waals surface area contributed by atoms with Gasteiger partial charge in [0.2, 0.25) is 6.43 Å². The first-order valence-electron chi connectivity index (χ1n) is 6.29. The normalized spacial score (nSPS) is 18.7. The Bertz CT molecular complexity index is 425. The molecule has 1 aromatic carbocycles. The maximum absolute atomic E-state index is 12.8. The fraction of sp³-hybridized carbons (Fsp3) is 0.538. The van der Waals surface area contributed by atoms with E-state index in [-0.39, 0.29) is 12.2 Å². The van der Waals surface area contributed by atoms with Crippen LogP contribution >= 0.6 is 15.9 Å². The topological polar surface area (TPSA) is 35.5 Å². The highest BCUT2D eigenvalue weighted by Crippen LogP contribution is 2.35. The molecule has 1 saturated heterocycles. The molecular formula is C13H17BrF2N2O. The number of rotatable bonds is 4. The van der Waals surface area contributed by atoms with Gasteiger partial charge in [0.05, 0.1) is 0 Å². The number of halogens is 3. The van der Waals surface area contributed by atoms with E-state index in [1.54, 1.807) is 18.2 Å². The number of nitrogens with one attached hydrogen (secondary N) is 1. The zero-order valence-corrected chi connectivity index (χ0v) is 12.0. The molecule has 6 heteroatoms. The van der Waals surface area contributed by atoms with Crippen LogP contribution in [0.4, 0.5) is 8.78 Å². The Hall–Kier alpha value is -0.720. The van der Waals surface area contributed by atoms with Crippen LogP contribution in [0.1, 0.15) is 18.0 Å². The lowest BCUT2D eigenvalue weighted by atomic mass is 10.0. The lowest BCUT2D eigenvalue weighted by molar-refractivity contribution is 0.0729. The molecule has 1 atom stereocenters. The second-order valence-electron chi connectivity index (χ2n) is 4.63. The lowest BCUT2D eigenvalue weighted by Crippen LogP contribution is -2.45. The smallest absolute Gasteiger partial charge is 0.240 e. The monoisotopic (exact) mass is 334 g/mol. The van der Waals surface area contributed by atoms with Crippen molar-refractivity contribution in [2.24, 2.45) is 0 Å². The number of alkyl halides is 2. The van der Waals surface area contributed by atoms with E-state index in [2.05, 4.69) is 21.2 Å². The largest absolute Gasteiger partial charge is 0.508 e. The molecule has 2 N–H and O–H groups in total. The van der Waals surface area contributed by atoms with Crippen LogP contribution in [0.5, 0.6) is 5.75 Å². The van der Waals surface area contributed by atoms with Crippen LogP contribution in [0, 0.1) is 0 Å². The lowest BCUT2D eigenvalue weighted by Gasteiger charge is -2.35. The molecule has 0 amide bonds. The average Bonchev–Trinajstić information content (AvgIpc) is 2.40. The number of benzene rings is 1. The van der Waals surface area contributed by atoms with Gasteiger partial charge in [-0.2, -0.15) is 0 Å². The zero-order chi connectivity index (χ0) is 13.8. The third-order valence-corrected chi connectivity index (χ3v) is 3.84. The van der Waals surface area contributed by atoms with Crippen LogP contribution in [0.3, 0.4) is 0 Å². The van der Waals surface area contributed by atoms with Crippen molar-refractivity contribution in [2.45, 2.75) is 18.9 Å². The van der Waals surface area contributed by atoms with E-state index < -0.39 is 12.5 Å². The van der Waals surface area contributed by atoms with E-state index in [9.17, 15) is 13.9 Å². The maximum atomic E-state index is 12.8. The summed E-state index contributed by atoms with van der Waals surface area (Å²) in [6.07, 6.45) is -2.65. The quantitative estimate of drug-likeness (QED) is 0.888. The van der Waals surface area contributed by atoms with Crippen molar-refractivity contribution in [3.8, 4) is 5.75 Å². The van der Waals surface area contributed by atoms with Crippen LogP contribution in [0.25, 0.3) is 0 Å². The second-order valence-corrected chi connectivity index (χ2v) is 5.55. The fourth-order valence-corrected chi connectivity index (χ4v) is 2.81. The van der Waals surface area contributed by atoms with Gasteiger partial charge in [-0.15, -0.1) is 0 Å².